The summed E-state index contributed by atoms with van der Waals surface area (Å²) in [6.07, 6.45) is -6.53. The van der Waals surface area contributed by atoms with Crippen LogP contribution in [0.15, 0.2) is 18.3 Å². The molecule has 3 aromatic rings. The van der Waals surface area contributed by atoms with Crippen LogP contribution in [0, 0.1) is 26.7 Å². The third-order valence-electron chi connectivity index (χ3n) is 5.76. The van der Waals surface area contributed by atoms with Crippen molar-refractivity contribution in [3.8, 4) is 5.69 Å². The number of halogens is 7. The van der Waals surface area contributed by atoms with Gasteiger partial charge in [0.2, 0.25) is 5.78 Å². The highest BCUT2D eigenvalue weighted by atomic mass is 35.5. The Hall–Kier alpha value is -2.20. The second-order valence-corrected chi connectivity index (χ2v) is 9.22. The Bertz CT molecular complexity index is 1160. The fourth-order valence-corrected chi connectivity index (χ4v) is 4.69. The fourth-order valence-electron chi connectivity index (χ4n) is 4.43. The van der Waals surface area contributed by atoms with E-state index in [0.29, 0.717) is 5.69 Å². The molecule has 11 heteroatoms. The van der Waals surface area contributed by atoms with Gasteiger partial charge in [0.15, 0.2) is 5.69 Å². The van der Waals surface area contributed by atoms with Crippen molar-refractivity contribution in [1.82, 2.24) is 18.9 Å². The minimum absolute atomic E-state index is 0.0659. The van der Waals surface area contributed by atoms with Crippen molar-refractivity contribution >= 4 is 17.4 Å². The topological polar surface area (TPSA) is 25.5 Å². The molecule has 180 valence electrons. The van der Waals surface area contributed by atoms with Crippen LogP contribution in [-0.2, 0) is 12.7 Å². The first kappa shape index (κ1) is 23.9. The van der Waals surface area contributed by atoms with Gasteiger partial charge in [0.25, 0.3) is 0 Å². The molecule has 1 saturated carbocycles. The van der Waals surface area contributed by atoms with Gasteiger partial charge < -0.3 is 0 Å². The summed E-state index contributed by atoms with van der Waals surface area (Å²) in [5.41, 5.74) is 1.60. The Morgan fingerprint density at radius 1 is 1.06 bits per heavy atom. The van der Waals surface area contributed by atoms with Crippen molar-refractivity contribution < 1.29 is 26.3 Å². The lowest BCUT2D eigenvalue weighted by Crippen LogP contribution is -2.36. The second kappa shape index (κ2) is 8.23. The Balaban J connectivity index is 1.87. The zero-order chi connectivity index (χ0) is 24.3. The molecule has 1 aliphatic carbocycles. The average molecular weight is 493 g/mol. The first-order valence-corrected chi connectivity index (χ1v) is 10.8. The highest BCUT2D eigenvalue weighted by Gasteiger charge is 2.41. The molecule has 4 rings (SSSR count). The molecule has 0 atom stereocenters. The van der Waals surface area contributed by atoms with E-state index in [2.05, 4.69) is 4.98 Å². The lowest BCUT2D eigenvalue weighted by molar-refractivity contribution is -0.149. The molecule has 1 fully saturated rings. The van der Waals surface area contributed by atoms with Gasteiger partial charge in [-0.15, -0.1) is 0 Å². The van der Waals surface area contributed by atoms with Crippen LogP contribution < -0.4 is 0 Å². The molecule has 0 bridgehead atoms. The third kappa shape index (κ3) is 5.01. The quantitative estimate of drug-likeness (QED) is 0.367. The van der Waals surface area contributed by atoms with E-state index < -0.39 is 31.1 Å². The van der Waals surface area contributed by atoms with Crippen LogP contribution in [0.3, 0.4) is 0 Å². The van der Waals surface area contributed by atoms with Crippen LogP contribution in [0.5, 0.6) is 0 Å². The van der Waals surface area contributed by atoms with Crippen LogP contribution in [0.25, 0.3) is 11.5 Å². The largest absolute Gasteiger partial charge is 0.435 e. The lowest BCUT2D eigenvalue weighted by atomic mass is 10.1. The van der Waals surface area contributed by atoms with Crippen molar-refractivity contribution in [1.29, 1.82) is 0 Å². The molecular formula is C22H23ClF6N4. The minimum Gasteiger partial charge on any atom is -0.289 e. The van der Waals surface area contributed by atoms with E-state index in [-0.39, 0.29) is 29.1 Å². The van der Waals surface area contributed by atoms with E-state index in [4.69, 9.17) is 11.6 Å². The summed E-state index contributed by atoms with van der Waals surface area (Å²) in [6, 6.07) is 3.76. The van der Waals surface area contributed by atoms with E-state index in [1.807, 2.05) is 32.9 Å². The number of aromatic nitrogens is 3. The zero-order valence-corrected chi connectivity index (χ0v) is 19.0. The maximum atomic E-state index is 13.9. The fraction of sp³-hybridized carbons (Fsp3) is 0.500. The molecule has 0 radical (unpaired) electrons. The third-order valence-corrected chi connectivity index (χ3v) is 6.02. The minimum atomic E-state index is -4.83. The Kier molecular flexibility index (Phi) is 5.97. The molecular weight excluding hydrogens is 470 g/mol. The Labute approximate surface area is 191 Å². The number of nitrogens with zero attached hydrogens (tertiary/aromatic N) is 4. The van der Waals surface area contributed by atoms with Crippen LogP contribution in [0.4, 0.5) is 26.3 Å². The first-order chi connectivity index (χ1) is 15.2. The van der Waals surface area contributed by atoms with Gasteiger partial charge in [-0.1, -0.05) is 29.3 Å². The normalized spacial score (nSPS) is 15.2. The highest BCUT2D eigenvalue weighted by Crippen LogP contribution is 2.37. The molecule has 0 amide bonds. The monoisotopic (exact) mass is 492 g/mol. The Morgan fingerprint density at radius 2 is 1.67 bits per heavy atom. The van der Waals surface area contributed by atoms with Crippen molar-refractivity contribution in [3.63, 3.8) is 0 Å². The SMILES string of the molecule is Cc1cc(C)c(-n2c(Cl)cn3c(CN(CC4CC4)CC(F)(F)F)c(C(F)(F)F)nc23)c(C)c1. The number of aryl methyl sites for hydroxylation is 3. The summed E-state index contributed by atoms with van der Waals surface area (Å²) in [5, 5.41) is 0.118. The van der Waals surface area contributed by atoms with Crippen LogP contribution in [-0.4, -0.2) is 38.1 Å². The van der Waals surface area contributed by atoms with Crippen LogP contribution in [0.2, 0.25) is 5.15 Å². The predicted molar refractivity (Wildman–Crippen MR) is 113 cm³/mol. The average Bonchev–Trinajstić information content (AvgIpc) is 3.29. The van der Waals surface area contributed by atoms with Gasteiger partial charge in [-0.2, -0.15) is 26.3 Å². The van der Waals surface area contributed by atoms with Gasteiger partial charge in [0.1, 0.15) is 5.15 Å². The Morgan fingerprint density at radius 3 is 2.18 bits per heavy atom. The standard InChI is InChI=1S/C22H23ClF6N4/c1-12-6-13(2)18(14(3)7-12)33-17(23)10-32-16(19(22(27,28)29)30-20(32)33)9-31(8-15-4-5-15)11-21(24,25)26/h6-7,10,15H,4-5,8-9,11H2,1-3H3. The van der Waals surface area contributed by atoms with Gasteiger partial charge in [-0.25, -0.2) is 4.98 Å². The number of benzene rings is 1. The molecule has 0 N–H and O–H groups in total. The molecule has 0 unspecified atom stereocenters. The maximum Gasteiger partial charge on any atom is 0.435 e. The molecule has 2 aromatic heterocycles. The summed E-state index contributed by atoms with van der Waals surface area (Å²) >= 11 is 6.43. The predicted octanol–water partition coefficient (Wildman–Crippen LogP) is 6.50. The van der Waals surface area contributed by atoms with Crippen molar-refractivity contribution in [2.75, 3.05) is 13.1 Å². The van der Waals surface area contributed by atoms with Gasteiger partial charge in [0, 0.05) is 19.3 Å². The molecule has 33 heavy (non-hydrogen) atoms. The first-order valence-electron chi connectivity index (χ1n) is 10.5. The van der Waals surface area contributed by atoms with Crippen molar-refractivity contribution in [3.05, 3.63) is 51.6 Å². The van der Waals surface area contributed by atoms with E-state index in [1.54, 1.807) is 0 Å². The molecule has 4 nitrogen and oxygen atoms in total. The number of alkyl halides is 6. The second-order valence-electron chi connectivity index (χ2n) is 8.84. The summed E-state index contributed by atoms with van der Waals surface area (Å²) in [6.45, 7) is 3.78. The van der Waals surface area contributed by atoms with Crippen molar-refractivity contribution in [2.24, 2.45) is 5.92 Å². The number of hydrogen-bond acceptors (Lipinski definition) is 2. The number of fused-ring (bicyclic) bond motifs is 1. The number of rotatable bonds is 6. The van der Waals surface area contributed by atoms with Gasteiger partial charge >= 0.3 is 12.4 Å². The summed E-state index contributed by atoms with van der Waals surface area (Å²) < 4.78 is 83.8. The van der Waals surface area contributed by atoms with E-state index >= 15 is 0 Å². The molecule has 0 aliphatic heterocycles. The highest BCUT2D eigenvalue weighted by molar-refractivity contribution is 6.30. The number of hydrogen-bond donors (Lipinski definition) is 0. The summed E-state index contributed by atoms with van der Waals surface area (Å²) in [5.74, 6) is -0.0214. The molecule has 2 heterocycles. The van der Waals surface area contributed by atoms with Crippen LogP contribution in [0.1, 0.15) is 40.9 Å². The van der Waals surface area contributed by atoms with E-state index in [1.165, 1.54) is 15.2 Å². The summed E-state index contributed by atoms with van der Waals surface area (Å²) in [7, 11) is 0. The van der Waals surface area contributed by atoms with Gasteiger partial charge in [0.05, 0.1) is 17.9 Å². The molecule has 1 aliphatic rings. The zero-order valence-electron chi connectivity index (χ0n) is 18.3. The van der Waals surface area contributed by atoms with Crippen molar-refractivity contribution in [2.45, 2.75) is 52.5 Å². The van der Waals surface area contributed by atoms with Gasteiger partial charge in [-0.3, -0.25) is 13.9 Å². The smallest absolute Gasteiger partial charge is 0.289 e. The van der Waals surface area contributed by atoms with Crippen LogP contribution >= 0.6 is 11.6 Å². The van der Waals surface area contributed by atoms with E-state index in [9.17, 15) is 26.3 Å². The summed E-state index contributed by atoms with van der Waals surface area (Å²) in [4.78, 5) is 4.86. The molecule has 1 aromatic carbocycles. The molecule has 0 saturated heterocycles. The van der Waals surface area contributed by atoms with E-state index in [0.717, 1.165) is 34.4 Å². The molecule has 0 spiro atoms. The lowest BCUT2D eigenvalue weighted by Gasteiger charge is -2.24. The maximum absolute atomic E-state index is 13.9. The van der Waals surface area contributed by atoms with Gasteiger partial charge in [-0.05, 0) is 50.7 Å². The number of imidazole rings is 2.